The van der Waals surface area contributed by atoms with Crippen LogP contribution >= 0.6 is 0 Å². The van der Waals surface area contributed by atoms with Gasteiger partial charge in [-0.2, -0.15) is 5.10 Å². The molecule has 2 aromatic carbocycles. The molecule has 2 atom stereocenters. The van der Waals surface area contributed by atoms with Gasteiger partial charge in [-0.05, 0) is 74.2 Å². The summed E-state index contributed by atoms with van der Waals surface area (Å²) in [5, 5.41) is 19.9. The Balaban J connectivity index is 1.51. The van der Waals surface area contributed by atoms with E-state index in [1.807, 2.05) is 6.92 Å². The van der Waals surface area contributed by atoms with Crippen LogP contribution in [-0.4, -0.2) is 37.7 Å². The molecule has 0 saturated heterocycles. The van der Waals surface area contributed by atoms with Crippen molar-refractivity contribution in [2.75, 3.05) is 5.32 Å². The molecule has 2 bridgehead atoms. The number of carboxylic acid groups (broad SMARTS) is 1. The fraction of sp³-hybridized carbons (Fsp3) is 0.258. The number of carbonyl (C=O) groups excluding carboxylic acids is 2. The van der Waals surface area contributed by atoms with Gasteiger partial charge < -0.3 is 15.7 Å². The Bertz CT molecular complexity index is 1660. The number of carboxylic acids is 1. The van der Waals surface area contributed by atoms with Gasteiger partial charge >= 0.3 is 5.97 Å². The van der Waals surface area contributed by atoms with Crippen molar-refractivity contribution < 1.29 is 23.9 Å². The van der Waals surface area contributed by atoms with Crippen molar-refractivity contribution in [1.29, 1.82) is 0 Å². The highest BCUT2D eigenvalue weighted by Crippen LogP contribution is 2.33. The van der Waals surface area contributed by atoms with E-state index in [4.69, 9.17) is 0 Å². The van der Waals surface area contributed by atoms with E-state index in [1.165, 1.54) is 23.0 Å². The normalized spacial score (nSPS) is 17.0. The summed E-state index contributed by atoms with van der Waals surface area (Å²) < 4.78 is 16.2. The van der Waals surface area contributed by atoms with Crippen molar-refractivity contribution >= 4 is 23.5 Å². The Morgan fingerprint density at radius 2 is 1.93 bits per heavy atom. The summed E-state index contributed by atoms with van der Waals surface area (Å²) in [6.07, 6.45) is 4.75. The number of aryl methyl sites for hydroxylation is 1. The minimum absolute atomic E-state index is 0.0823. The monoisotopic (exact) mass is 555 g/mol. The van der Waals surface area contributed by atoms with E-state index >= 15 is 0 Å². The van der Waals surface area contributed by atoms with Gasteiger partial charge in [-0.25, -0.2) is 13.9 Å². The maximum atomic E-state index is 14.8. The van der Waals surface area contributed by atoms with Gasteiger partial charge in [-0.1, -0.05) is 25.5 Å². The first-order valence-corrected chi connectivity index (χ1v) is 13.4. The molecule has 3 heterocycles. The zero-order valence-electron chi connectivity index (χ0n) is 22.9. The average molecular weight is 556 g/mol. The highest BCUT2D eigenvalue weighted by Gasteiger charge is 2.24. The maximum absolute atomic E-state index is 14.8. The largest absolute Gasteiger partial charge is 0.478 e. The third kappa shape index (κ3) is 5.58. The summed E-state index contributed by atoms with van der Waals surface area (Å²) in [6, 6.07) is 12.6. The van der Waals surface area contributed by atoms with Crippen LogP contribution < -0.4 is 10.6 Å². The first kappa shape index (κ1) is 27.7. The minimum atomic E-state index is -1.08. The summed E-state index contributed by atoms with van der Waals surface area (Å²) in [5.74, 6) is -2.36. The molecule has 1 unspecified atom stereocenters. The van der Waals surface area contributed by atoms with E-state index in [0.717, 1.165) is 0 Å². The van der Waals surface area contributed by atoms with Crippen LogP contribution in [-0.2, 0) is 4.79 Å². The van der Waals surface area contributed by atoms with Gasteiger partial charge in [-0.3, -0.25) is 14.6 Å². The summed E-state index contributed by atoms with van der Waals surface area (Å²) in [7, 11) is 0. The number of carbonyl (C=O) groups is 3. The zero-order chi connectivity index (χ0) is 29.3. The number of rotatable bonds is 4. The standard InChI is InChI=1S/C31H30FN5O4/c1-17-6-5-9-27(28(17)32)37-19(3)23(16-34-37)30(39)36-25-8-4-7-18(2)29(38)35-24-11-10-21(31(40)41)14-22(24)20-12-13-33-26(25)15-20/h5-6,9-16,18,25H,4,7-8H2,1-3H3,(H,35,38)(H,36,39)(H,40,41)/t18-,25?/m0/s1. The third-order valence-corrected chi connectivity index (χ3v) is 7.51. The molecule has 1 aliphatic rings. The van der Waals surface area contributed by atoms with Gasteiger partial charge in [0.05, 0.1) is 34.8 Å². The van der Waals surface area contributed by atoms with E-state index in [9.17, 15) is 23.9 Å². The predicted octanol–water partition coefficient (Wildman–Crippen LogP) is 5.62. The molecular weight excluding hydrogens is 525 g/mol. The summed E-state index contributed by atoms with van der Waals surface area (Å²) in [6.45, 7) is 5.21. The molecule has 4 aromatic rings. The Morgan fingerprint density at radius 3 is 2.71 bits per heavy atom. The fourth-order valence-corrected chi connectivity index (χ4v) is 5.05. The van der Waals surface area contributed by atoms with Crippen molar-refractivity contribution in [3.8, 4) is 16.8 Å². The van der Waals surface area contributed by atoms with E-state index in [0.29, 0.717) is 58.6 Å². The van der Waals surface area contributed by atoms with Gasteiger partial charge in [0, 0.05) is 23.4 Å². The highest BCUT2D eigenvalue weighted by molar-refractivity contribution is 5.99. The van der Waals surface area contributed by atoms with E-state index in [1.54, 1.807) is 56.4 Å². The molecule has 3 N–H and O–H groups in total. The first-order chi connectivity index (χ1) is 19.6. The number of amides is 2. The number of nitrogens with one attached hydrogen (secondary N) is 2. The van der Waals surface area contributed by atoms with Crippen LogP contribution in [0, 0.1) is 25.6 Å². The second-order valence-electron chi connectivity index (χ2n) is 10.3. The average Bonchev–Trinajstić information content (AvgIpc) is 3.34. The molecule has 5 rings (SSSR count). The molecule has 2 aromatic heterocycles. The van der Waals surface area contributed by atoms with Crippen molar-refractivity contribution in [3.63, 3.8) is 0 Å². The Kier molecular flexibility index (Phi) is 7.65. The van der Waals surface area contributed by atoms with Crippen molar-refractivity contribution in [3.05, 3.63) is 94.8 Å². The number of aromatic carboxylic acids is 1. The quantitative estimate of drug-likeness (QED) is 0.300. The van der Waals surface area contributed by atoms with Crippen LogP contribution in [0.2, 0.25) is 0 Å². The summed E-state index contributed by atoms with van der Waals surface area (Å²) >= 11 is 0. The molecule has 41 heavy (non-hydrogen) atoms. The lowest BCUT2D eigenvalue weighted by atomic mass is 9.94. The molecule has 9 nitrogen and oxygen atoms in total. The highest BCUT2D eigenvalue weighted by atomic mass is 19.1. The lowest BCUT2D eigenvalue weighted by Gasteiger charge is -2.22. The van der Waals surface area contributed by atoms with E-state index in [2.05, 4.69) is 20.7 Å². The van der Waals surface area contributed by atoms with Crippen molar-refractivity contribution in [2.45, 2.75) is 46.1 Å². The minimum Gasteiger partial charge on any atom is -0.478 e. The maximum Gasteiger partial charge on any atom is 0.335 e. The second-order valence-corrected chi connectivity index (χ2v) is 10.3. The van der Waals surface area contributed by atoms with E-state index in [-0.39, 0.29) is 29.0 Å². The SMILES string of the molecule is Cc1cccc(-n2ncc(C(=O)NC3CCC[C@H](C)C(=O)Nc4ccc(C(=O)O)cc4-c4ccnc3c4)c2C)c1F. The number of nitrogens with zero attached hydrogens (tertiary/aromatic N) is 3. The van der Waals surface area contributed by atoms with Gasteiger partial charge in [-0.15, -0.1) is 0 Å². The molecule has 0 spiro atoms. The van der Waals surface area contributed by atoms with Crippen LogP contribution in [0.5, 0.6) is 0 Å². The molecule has 0 radical (unpaired) electrons. The Labute approximate surface area is 236 Å². The summed E-state index contributed by atoms with van der Waals surface area (Å²) in [5.41, 5.74) is 3.89. The molecule has 0 aliphatic carbocycles. The van der Waals surface area contributed by atoms with Gasteiger partial charge in [0.25, 0.3) is 5.91 Å². The summed E-state index contributed by atoms with van der Waals surface area (Å²) in [4.78, 5) is 42.7. The van der Waals surface area contributed by atoms with Gasteiger partial charge in [0.2, 0.25) is 5.91 Å². The molecule has 2 amide bonds. The van der Waals surface area contributed by atoms with Crippen LogP contribution in [0.1, 0.15) is 69.9 Å². The Hall–Kier alpha value is -4.86. The fourth-order valence-electron chi connectivity index (χ4n) is 5.05. The number of halogens is 1. The predicted molar refractivity (Wildman–Crippen MR) is 151 cm³/mol. The van der Waals surface area contributed by atoms with E-state index < -0.39 is 17.8 Å². The first-order valence-electron chi connectivity index (χ1n) is 13.4. The van der Waals surface area contributed by atoms with Crippen LogP contribution in [0.15, 0.2) is 60.9 Å². The molecule has 10 heteroatoms. The molecule has 1 aliphatic heterocycles. The number of hydrogen-bond donors (Lipinski definition) is 3. The number of aromatic nitrogens is 3. The molecular formula is C31H30FN5O4. The van der Waals surface area contributed by atoms with Crippen LogP contribution in [0.25, 0.3) is 16.8 Å². The number of benzene rings is 2. The van der Waals surface area contributed by atoms with Crippen molar-refractivity contribution in [2.24, 2.45) is 5.92 Å². The topological polar surface area (TPSA) is 126 Å². The molecule has 0 saturated carbocycles. The number of fused-ring (bicyclic) bond motifs is 4. The zero-order valence-corrected chi connectivity index (χ0v) is 22.9. The van der Waals surface area contributed by atoms with Gasteiger partial charge in [0.15, 0.2) is 5.82 Å². The molecule has 0 fully saturated rings. The number of anilines is 1. The van der Waals surface area contributed by atoms with Crippen LogP contribution in [0.3, 0.4) is 0 Å². The number of hydrogen-bond acceptors (Lipinski definition) is 5. The lowest BCUT2D eigenvalue weighted by Crippen LogP contribution is -2.30. The van der Waals surface area contributed by atoms with Crippen molar-refractivity contribution in [1.82, 2.24) is 20.1 Å². The second kappa shape index (κ2) is 11.3. The van der Waals surface area contributed by atoms with Gasteiger partial charge in [0.1, 0.15) is 5.69 Å². The Morgan fingerprint density at radius 1 is 1.12 bits per heavy atom. The number of pyridine rings is 1. The third-order valence-electron chi connectivity index (χ3n) is 7.51. The molecule has 210 valence electrons. The lowest BCUT2D eigenvalue weighted by molar-refractivity contribution is -0.119. The smallest absolute Gasteiger partial charge is 0.335 e. The van der Waals surface area contributed by atoms with Crippen LogP contribution in [0.4, 0.5) is 10.1 Å².